The molecule has 4 rings (SSSR count). The molecule has 0 aliphatic carbocycles. The van der Waals surface area contributed by atoms with E-state index in [0.717, 1.165) is 35.2 Å². The van der Waals surface area contributed by atoms with E-state index in [0.29, 0.717) is 18.4 Å². The van der Waals surface area contributed by atoms with Gasteiger partial charge in [0.25, 0.3) is 5.56 Å². The second-order valence-electron chi connectivity index (χ2n) is 6.87. The van der Waals surface area contributed by atoms with E-state index < -0.39 is 17.3 Å². The highest BCUT2D eigenvalue weighted by atomic mass is 35.5. The highest BCUT2D eigenvalue weighted by molar-refractivity contribution is 6.33. The summed E-state index contributed by atoms with van der Waals surface area (Å²) >= 11 is 6.32. The second-order valence-corrected chi connectivity index (χ2v) is 7.25. The van der Waals surface area contributed by atoms with Gasteiger partial charge in [-0.3, -0.25) is 4.79 Å². The molecule has 1 saturated heterocycles. The van der Waals surface area contributed by atoms with Crippen LogP contribution in [0.1, 0.15) is 30.0 Å². The number of hydrogen-bond acceptors (Lipinski definition) is 4. The Labute approximate surface area is 173 Å². The lowest BCUT2D eigenvalue weighted by molar-refractivity contribution is -0.137. The molecule has 156 valence electrons. The van der Waals surface area contributed by atoms with Crippen molar-refractivity contribution in [1.82, 2.24) is 14.8 Å². The Balaban J connectivity index is 1.68. The van der Waals surface area contributed by atoms with Crippen LogP contribution in [0, 0.1) is 5.82 Å². The zero-order valence-electron chi connectivity index (χ0n) is 15.4. The van der Waals surface area contributed by atoms with E-state index >= 15 is 0 Å². The van der Waals surface area contributed by atoms with Gasteiger partial charge in [-0.25, -0.2) is 9.37 Å². The molecule has 30 heavy (non-hydrogen) atoms. The van der Waals surface area contributed by atoms with Crippen LogP contribution < -0.4 is 10.5 Å². The summed E-state index contributed by atoms with van der Waals surface area (Å²) in [6.45, 7) is 0.602. The summed E-state index contributed by atoms with van der Waals surface area (Å²) in [5.74, 6) is -0.433. The number of benzene rings is 1. The van der Waals surface area contributed by atoms with Crippen LogP contribution in [0.4, 0.5) is 23.2 Å². The molecule has 0 spiro atoms. The van der Waals surface area contributed by atoms with Crippen LogP contribution in [0.15, 0.2) is 53.6 Å². The number of alkyl halides is 3. The highest BCUT2D eigenvalue weighted by Crippen LogP contribution is 2.38. The normalized spacial score (nSPS) is 16.8. The molecular weight excluding hydrogens is 424 g/mol. The summed E-state index contributed by atoms with van der Waals surface area (Å²) in [5, 5.41) is 3.92. The molecule has 5 nitrogen and oxygen atoms in total. The van der Waals surface area contributed by atoms with E-state index in [4.69, 9.17) is 11.6 Å². The first-order valence-corrected chi connectivity index (χ1v) is 9.47. The van der Waals surface area contributed by atoms with Gasteiger partial charge in [-0.1, -0.05) is 23.7 Å². The van der Waals surface area contributed by atoms with Crippen molar-refractivity contribution in [3.05, 3.63) is 81.1 Å². The molecule has 10 heteroatoms. The van der Waals surface area contributed by atoms with Crippen molar-refractivity contribution >= 4 is 17.3 Å². The fourth-order valence-corrected chi connectivity index (χ4v) is 3.82. The lowest BCUT2D eigenvalue weighted by Crippen LogP contribution is -2.29. The van der Waals surface area contributed by atoms with Gasteiger partial charge in [0.2, 0.25) is 0 Å². The van der Waals surface area contributed by atoms with E-state index in [1.807, 2.05) is 4.90 Å². The van der Waals surface area contributed by atoms with E-state index in [-0.39, 0.29) is 22.7 Å². The van der Waals surface area contributed by atoms with Crippen LogP contribution in [-0.2, 0) is 6.18 Å². The minimum absolute atomic E-state index is 0.0791. The molecule has 1 aliphatic heterocycles. The first kappa shape index (κ1) is 20.3. The van der Waals surface area contributed by atoms with Crippen LogP contribution in [0.2, 0.25) is 5.02 Å². The van der Waals surface area contributed by atoms with Crippen molar-refractivity contribution in [2.24, 2.45) is 0 Å². The molecule has 1 unspecified atom stereocenters. The monoisotopic (exact) mass is 438 g/mol. The number of pyridine rings is 1. The van der Waals surface area contributed by atoms with Crippen molar-refractivity contribution in [2.45, 2.75) is 25.1 Å². The lowest BCUT2D eigenvalue weighted by atomic mass is 10.0. The summed E-state index contributed by atoms with van der Waals surface area (Å²) in [4.78, 5) is 18.3. The fraction of sp³-hybridized carbons (Fsp3) is 0.250. The van der Waals surface area contributed by atoms with Gasteiger partial charge in [-0.05, 0) is 42.7 Å². The van der Waals surface area contributed by atoms with Crippen molar-refractivity contribution in [1.29, 1.82) is 0 Å². The van der Waals surface area contributed by atoms with Crippen molar-refractivity contribution in [2.75, 3.05) is 11.4 Å². The third kappa shape index (κ3) is 3.77. The summed E-state index contributed by atoms with van der Waals surface area (Å²) < 4.78 is 52.7. The number of aromatic nitrogens is 3. The molecule has 1 fully saturated rings. The molecule has 1 atom stereocenters. The molecule has 2 aromatic heterocycles. The third-order valence-electron chi connectivity index (χ3n) is 4.99. The zero-order chi connectivity index (χ0) is 21.5. The van der Waals surface area contributed by atoms with Crippen LogP contribution in [-0.4, -0.2) is 21.3 Å². The summed E-state index contributed by atoms with van der Waals surface area (Å²) in [6, 6.07) is 7.93. The fourth-order valence-electron chi connectivity index (χ4n) is 3.58. The van der Waals surface area contributed by atoms with Gasteiger partial charge in [-0.2, -0.15) is 23.0 Å². The minimum Gasteiger partial charge on any atom is -0.362 e. The first-order valence-electron chi connectivity index (χ1n) is 9.09. The maximum Gasteiger partial charge on any atom is 0.417 e. The standard InChI is InChI=1S/C20H15ClF4N4O/c21-18-16(28-8-2-5-15(28)12-3-1-4-14(22)9-12)11-27-29(19(18)30)17-7-6-13(10-26-17)20(23,24)25/h1,3-4,6-7,9-11,15H,2,5,8H2. The maximum absolute atomic E-state index is 13.6. The molecule has 0 radical (unpaired) electrons. The number of rotatable bonds is 3. The number of hydrogen-bond donors (Lipinski definition) is 0. The SMILES string of the molecule is O=c1c(Cl)c(N2CCCC2c2cccc(F)c2)cnn1-c1ccc(C(F)(F)F)cn1. The molecule has 1 aliphatic rings. The Morgan fingerprint density at radius 1 is 1.13 bits per heavy atom. The van der Waals surface area contributed by atoms with Crippen LogP contribution in [0.5, 0.6) is 0 Å². The third-order valence-corrected chi connectivity index (χ3v) is 5.34. The predicted octanol–water partition coefficient (Wildman–Crippen LogP) is 4.78. The summed E-state index contributed by atoms with van der Waals surface area (Å²) in [7, 11) is 0. The molecule has 0 saturated carbocycles. The summed E-state index contributed by atoms with van der Waals surface area (Å²) in [6.07, 6.45) is -0.954. The quantitative estimate of drug-likeness (QED) is 0.552. The van der Waals surface area contributed by atoms with Crippen molar-refractivity contribution < 1.29 is 17.6 Å². The molecule has 0 bridgehead atoms. The average Bonchev–Trinajstić information content (AvgIpc) is 3.19. The van der Waals surface area contributed by atoms with Crippen LogP contribution in [0.3, 0.4) is 0 Å². The topological polar surface area (TPSA) is 51.0 Å². The summed E-state index contributed by atoms with van der Waals surface area (Å²) in [5.41, 5.74) is -0.489. The van der Waals surface area contributed by atoms with E-state index in [1.165, 1.54) is 18.3 Å². The van der Waals surface area contributed by atoms with E-state index in [2.05, 4.69) is 10.1 Å². The highest BCUT2D eigenvalue weighted by Gasteiger charge is 2.31. The van der Waals surface area contributed by atoms with Gasteiger partial charge in [0.1, 0.15) is 10.8 Å². The number of anilines is 1. The Hall–Kier alpha value is -2.94. The average molecular weight is 439 g/mol. The maximum atomic E-state index is 13.6. The van der Waals surface area contributed by atoms with Gasteiger partial charge in [0.15, 0.2) is 5.82 Å². The molecular formula is C20H15ClF4N4O. The molecule has 0 amide bonds. The second kappa shape index (κ2) is 7.71. The smallest absolute Gasteiger partial charge is 0.362 e. The van der Waals surface area contributed by atoms with E-state index in [1.54, 1.807) is 12.1 Å². The Morgan fingerprint density at radius 2 is 1.93 bits per heavy atom. The lowest BCUT2D eigenvalue weighted by Gasteiger charge is -2.27. The molecule has 1 aromatic carbocycles. The predicted molar refractivity (Wildman–Crippen MR) is 103 cm³/mol. The van der Waals surface area contributed by atoms with Crippen molar-refractivity contribution in [3.8, 4) is 5.82 Å². The van der Waals surface area contributed by atoms with Crippen molar-refractivity contribution in [3.63, 3.8) is 0 Å². The Bertz CT molecular complexity index is 1130. The van der Waals surface area contributed by atoms with Gasteiger partial charge in [0.05, 0.1) is 23.5 Å². The largest absolute Gasteiger partial charge is 0.417 e. The van der Waals surface area contributed by atoms with Gasteiger partial charge in [-0.15, -0.1) is 0 Å². The Morgan fingerprint density at radius 3 is 2.60 bits per heavy atom. The van der Waals surface area contributed by atoms with Crippen LogP contribution in [0.25, 0.3) is 5.82 Å². The molecule has 3 aromatic rings. The molecule has 3 heterocycles. The molecule has 0 N–H and O–H groups in total. The number of nitrogens with zero attached hydrogens (tertiary/aromatic N) is 4. The zero-order valence-corrected chi connectivity index (χ0v) is 16.2. The van der Waals surface area contributed by atoms with Gasteiger partial charge in [0, 0.05) is 12.7 Å². The minimum atomic E-state index is -4.53. The van der Waals surface area contributed by atoms with E-state index in [9.17, 15) is 22.4 Å². The first-order chi connectivity index (χ1) is 14.3. The Kier molecular flexibility index (Phi) is 5.23. The van der Waals surface area contributed by atoms with Crippen LogP contribution >= 0.6 is 11.6 Å². The number of halogens is 5. The van der Waals surface area contributed by atoms with Gasteiger partial charge < -0.3 is 4.90 Å². The van der Waals surface area contributed by atoms with Gasteiger partial charge >= 0.3 is 6.18 Å².